The first-order valence-electron chi connectivity index (χ1n) is 7.99. The summed E-state index contributed by atoms with van der Waals surface area (Å²) in [4.78, 5) is 4.25. The van der Waals surface area contributed by atoms with Gasteiger partial charge in [0.1, 0.15) is 0 Å². The van der Waals surface area contributed by atoms with Gasteiger partial charge in [0.15, 0.2) is 17.5 Å². The lowest BCUT2D eigenvalue weighted by atomic mass is 10.2. The van der Waals surface area contributed by atoms with E-state index < -0.39 is 16.6 Å². The van der Waals surface area contributed by atoms with Gasteiger partial charge in [-0.1, -0.05) is 12.1 Å². The van der Waals surface area contributed by atoms with Crippen molar-refractivity contribution in [1.82, 2.24) is 10.6 Å². The minimum Gasteiger partial charge on any atom is -0.490 e. The molecule has 0 amide bonds. The standard InChI is InChI=1S/C15H24F2N4O4S/c1-3-19-15(20-8-9-26(18,22)23)21-10-11-6-5-7-12(24-4-2)13(11)25-14(16)17/h5-7,14H,3-4,8-10H2,1-2H3,(H2,18,22,23)(H2,19,20,21). The predicted octanol–water partition coefficient (Wildman–Crippen LogP) is 1.03. The zero-order chi connectivity index (χ0) is 19.6. The maximum Gasteiger partial charge on any atom is 0.387 e. The number of hydrogen-bond acceptors (Lipinski definition) is 5. The summed E-state index contributed by atoms with van der Waals surface area (Å²) < 4.78 is 57.3. The Hall–Kier alpha value is -2.14. The van der Waals surface area contributed by atoms with Crippen molar-refractivity contribution in [3.8, 4) is 11.5 Å². The van der Waals surface area contributed by atoms with Crippen molar-refractivity contribution < 1.29 is 26.7 Å². The van der Waals surface area contributed by atoms with Crippen molar-refractivity contribution in [2.45, 2.75) is 27.0 Å². The lowest BCUT2D eigenvalue weighted by Gasteiger charge is -2.15. The number of hydrogen-bond donors (Lipinski definition) is 3. The first-order chi connectivity index (χ1) is 12.3. The molecule has 0 heterocycles. The molecule has 0 aliphatic heterocycles. The van der Waals surface area contributed by atoms with Gasteiger partial charge in [-0.25, -0.2) is 18.5 Å². The Morgan fingerprint density at radius 2 is 2.04 bits per heavy atom. The Labute approximate surface area is 151 Å². The van der Waals surface area contributed by atoms with Gasteiger partial charge in [0.05, 0.1) is 18.9 Å². The van der Waals surface area contributed by atoms with E-state index in [1.165, 1.54) is 6.07 Å². The number of alkyl halides is 2. The molecule has 26 heavy (non-hydrogen) atoms. The Balaban J connectivity index is 2.94. The minimum atomic E-state index is -3.60. The molecular weight excluding hydrogens is 370 g/mol. The third-order valence-corrected chi connectivity index (χ3v) is 3.77. The maximum atomic E-state index is 12.7. The second-order valence-corrected chi connectivity index (χ2v) is 6.78. The van der Waals surface area contributed by atoms with E-state index in [4.69, 9.17) is 9.88 Å². The smallest absolute Gasteiger partial charge is 0.387 e. The first kappa shape index (κ1) is 21.9. The predicted molar refractivity (Wildman–Crippen MR) is 95.0 cm³/mol. The molecule has 0 bridgehead atoms. The molecule has 0 radical (unpaired) electrons. The maximum absolute atomic E-state index is 12.7. The number of benzene rings is 1. The van der Waals surface area contributed by atoms with Crippen molar-refractivity contribution in [2.75, 3.05) is 25.4 Å². The molecule has 0 fully saturated rings. The van der Waals surface area contributed by atoms with Crippen LogP contribution in [0.4, 0.5) is 8.78 Å². The summed E-state index contributed by atoms with van der Waals surface area (Å²) in [5, 5.41) is 10.7. The molecule has 0 aromatic heterocycles. The van der Waals surface area contributed by atoms with Crippen LogP contribution in [0.5, 0.6) is 11.5 Å². The summed E-state index contributed by atoms with van der Waals surface area (Å²) in [5.74, 6) is 0.180. The van der Waals surface area contributed by atoms with Crippen molar-refractivity contribution >= 4 is 16.0 Å². The zero-order valence-electron chi connectivity index (χ0n) is 14.7. The van der Waals surface area contributed by atoms with Gasteiger partial charge >= 0.3 is 6.61 Å². The number of ether oxygens (including phenoxy) is 2. The van der Waals surface area contributed by atoms with Gasteiger partial charge in [0, 0.05) is 18.7 Å². The van der Waals surface area contributed by atoms with Crippen LogP contribution in [0.25, 0.3) is 0 Å². The molecule has 1 aromatic carbocycles. The molecule has 1 rings (SSSR count). The number of guanidine groups is 1. The zero-order valence-corrected chi connectivity index (χ0v) is 15.5. The highest BCUT2D eigenvalue weighted by molar-refractivity contribution is 7.89. The van der Waals surface area contributed by atoms with Crippen LogP contribution < -0.4 is 25.2 Å². The first-order valence-corrected chi connectivity index (χ1v) is 9.70. The van der Waals surface area contributed by atoms with Crippen molar-refractivity contribution in [2.24, 2.45) is 10.1 Å². The lowest BCUT2D eigenvalue weighted by molar-refractivity contribution is -0.0520. The molecule has 11 heteroatoms. The SMILES string of the molecule is CCNC(=NCc1cccc(OCC)c1OC(F)F)NCCS(N)(=O)=O. The van der Waals surface area contributed by atoms with Crippen LogP contribution in [0.3, 0.4) is 0 Å². The van der Waals surface area contributed by atoms with Crippen LogP contribution in [0.2, 0.25) is 0 Å². The molecule has 0 atom stereocenters. The van der Waals surface area contributed by atoms with E-state index in [1.807, 2.05) is 6.92 Å². The third-order valence-electron chi connectivity index (χ3n) is 3.00. The van der Waals surface area contributed by atoms with Crippen LogP contribution in [-0.2, 0) is 16.6 Å². The normalized spacial score (nSPS) is 12.2. The fourth-order valence-electron chi connectivity index (χ4n) is 2.00. The van der Waals surface area contributed by atoms with Gasteiger partial charge in [-0.2, -0.15) is 8.78 Å². The Kier molecular flexibility index (Phi) is 9.07. The molecule has 0 unspecified atom stereocenters. The second-order valence-electron chi connectivity index (χ2n) is 5.04. The largest absolute Gasteiger partial charge is 0.490 e. The van der Waals surface area contributed by atoms with E-state index in [-0.39, 0.29) is 30.3 Å². The minimum absolute atomic E-state index is 0.0215. The average molecular weight is 394 g/mol. The van der Waals surface area contributed by atoms with E-state index in [1.54, 1.807) is 19.1 Å². The van der Waals surface area contributed by atoms with Crippen molar-refractivity contribution in [3.63, 3.8) is 0 Å². The van der Waals surface area contributed by atoms with Crippen LogP contribution in [0, 0.1) is 0 Å². The Bertz CT molecular complexity index is 699. The van der Waals surface area contributed by atoms with E-state index in [9.17, 15) is 17.2 Å². The highest BCUT2D eigenvalue weighted by Gasteiger charge is 2.15. The lowest BCUT2D eigenvalue weighted by Crippen LogP contribution is -2.40. The summed E-state index contributed by atoms with van der Waals surface area (Å²) >= 11 is 0. The topological polar surface area (TPSA) is 115 Å². The molecule has 0 aliphatic carbocycles. The summed E-state index contributed by atoms with van der Waals surface area (Å²) in [7, 11) is -3.60. The number of sulfonamides is 1. The van der Waals surface area contributed by atoms with Gasteiger partial charge in [-0.15, -0.1) is 0 Å². The van der Waals surface area contributed by atoms with Gasteiger partial charge < -0.3 is 20.1 Å². The third kappa shape index (κ3) is 8.30. The molecule has 1 aromatic rings. The summed E-state index contributed by atoms with van der Waals surface area (Å²) in [6.45, 7) is 1.47. The van der Waals surface area contributed by atoms with Crippen molar-refractivity contribution in [3.05, 3.63) is 23.8 Å². The molecule has 0 spiro atoms. The fourth-order valence-corrected chi connectivity index (χ4v) is 2.38. The number of halogens is 2. The van der Waals surface area contributed by atoms with Gasteiger partial charge in [-0.05, 0) is 19.9 Å². The number of para-hydroxylation sites is 1. The van der Waals surface area contributed by atoms with Gasteiger partial charge in [0.25, 0.3) is 0 Å². The molecule has 0 aliphatic rings. The average Bonchev–Trinajstić information content (AvgIpc) is 2.53. The number of aliphatic imine (C=N–C) groups is 1. The van der Waals surface area contributed by atoms with E-state index in [2.05, 4.69) is 20.4 Å². The molecular formula is C15H24F2N4O4S. The summed E-state index contributed by atoms with van der Waals surface area (Å²) in [6.07, 6.45) is 0. The summed E-state index contributed by atoms with van der Waals surface area (Å²) in [5.41, 5.74) is 0.403. The molecule has 8 nitrogen and oxygen atoms in total. The molecule has 0 saturated carbocycles. The second kappa shape index (κ2) is 10.8. The van der Waals surface area contributed by atoms with E-state index in [0.29, 0.717) is 24.7 Å². The van der Waals surface area contributed by atoms with Gasteiger partial charge in [-0.3, -0.25) is 0 Å². The highest BCUT2D eigenvalue weighted by Crippen LogP contribution is 2.33. The highest BCUT2D eigenvalue weighted by atomic mass is 32.2. The van der Waals surface area contributed by atoms with E-state index in [0.717, 1.165) is 0 Å². The number of primary sulfonamides is 1. The number of nitrogens with zero attached hydrogens (tertiary/aromatic N) is 1. The molecule has 0 saturated heterocycles. The van der Waals surface area contributed by atoms with E-state index >= 15 is 0 Å². The molecule has 4 N–H and O–H groups in total. The van der Waals surface area contributed by atoms with Gasteiger partial charge in [0.2, 0.25) is 10.0 Å². The van der Waals surface area contributed by atoms with Crippen LogP contribution in [0.15, 0.2) is 23.2 Å². The van der Waals surface area contributed by atoms with Crippen LogP contribution in [0.1, 0.15) is 19.4 Å². The van der Waals surface area contributed by atoms with Crippen molar-refractivity contribution in [1.29, 1.82) is 0 Å². The number of nitrogens with one attached hydrogen (secondary N) is 2. The summed E-state index contributed by atoms with van der Waals surface area (Å²) in [6, 6.07) is 4.77. The fraction of sp³-hybridized carbons (Fsp3) is 0.533. The molecule has 148 valence electrons. The quantitative estimate of drug-likeness (QED) is 0.403. The number of rotatable bonds is 10. The Morgan fingerprint density at radius 1 is 1.31 bits per heavy atom. The Morgan fingerprint density at radius 3 is 2.62 bits per heavy atom. The number of nitrogens with two attached hydrogens (primary N) is 1. The monoisotopic (exact) mass is 394 g/mol. The van der Waals surface area contributed by atoms with Crippen LogP contribution >= 0.6 is 0 Å². The van der Waals surface area contributed by atoms with Crippen LogP contribution in [-0.4, -0.2) is 46.4 Å².